The van der Waals surface area contributed by atoms with Gasteiger partial charge in [0.2, 0.25) is 0 Å². The van der Waals surface area contributed by atoms with E-state index in [1.54, 1.807) is 6.26 Å². The van der Waals surface area contributed by atoms with Gasteiger partial charge in [-0.1, -0.05) is 0 Å². The first kappa shape index (κ1) is 14.4. The van der Waals surface area contributed by atoms with Gasteiger partial charge in [0.25, 0.3) is 0 Å². The normalized spacial score (nSPS) is 15.0. The van der Waals surface area contributed by atoms with Gasteiger partial charge in [-0.2, -0.15) is 0 Å². The summed E-state index contributed by atoms with van der Waals surface area (Å²) in [5, 5.41) is 3.50. The summed E-state index contributed by atoms with van der Waals surface area (Å²) in [5.74, 6) is 3.10. The van der Waals surface area contributed by atoms with Gasteiger partial charge in [-0.25, -0.2) is 0 Å². The highest BCUT2D eigenvalue weighted by Crippen LogP contribution is 2.22. The van der Waals surface area contributed by atoms with E-state index in [0.29, 0.717) is 6.04 Å². The molecule has 0 saturated heterocycles. The Hall–Kier alpha value is -1.52. The van der Waals surface area contributed by atoms with E-state index in [4.69, 9.17) is 8.83 Å². The SMILES string of the molecule is Cc1cc(CN(C)Cc2ccoc2C)oc1CNC1CC1. The number of nitrogens with one attached hydrogen (secondary N) is 1. The van der Waals surface area contributed by atoms with Gasteiger partial charge in [0.05, 0.1) is 19.4 Å². The van der Waals surface area contributed by atoms with E-state index < -0.39 is 0 Å². The number of rotatable bonds is 7. The van der Waals surface area contributed by atoms with E-state index in [-0.39, 0.29) is 0 Å². The first-order valence-electron chi connectivity index (χ1n) is 7.65. The third-order valence-corrected chi connectivity index (χ3v) is 4.03. The van der Waals surface area contributed by atoms with Crippen molar-refractivity contribution in [2.75, 3.05) is 7.05 Å². The van der Waals surface area contributed by atoms with Crippen LogP contribution in [0.5, 0.6) is 0 Å². The second-order valence-corrected chi connectivity index (χ2v) is 6.15. The first-order valence-corrected chi connectivity index (χ1v) is 7.65. The molecule has 0 amide bonds. The van der Waals surface area contributed by atoms with E-state index in [0.717, 1.165) is 36.9 Å². The van der Waals surface area contributed by atoms with Crippen LogP contribution in [0.15, 0.2) is 27.2 Å². The Labute approximate surface area is 126 Å². The number of hydrogen-bond donors (Lipinski definition) is 1. The Morgan fingerprint density at radius 1 is 1.29 bits per heavy atom. The average Bonchev–Trinajstić information content (AvgIpc) is 3.09. The lowest BCUT2D eigenvalue weighted by atomic mass is 10.2. The highest BCUT2D eigenvalue weighted by molar-refractivity contribution is 5.20. The zero-order valence-corrected chi connectivity index (χ0v) is 13.1. The summed E-state index contributed by atoms with van der Waals surface area (Å²) in [7, 11) is 2.10. The summed E-state index contributed by atoms with van der Waals surface area (Å²) in [4.78, 5) is 2.24. The van der Waals surface area contributed by atoms with Crippen molar-refractivity contribution in [3.63, 3.8) is 0 Å². The molecule has 21 heavy (non-hydrogen) atoms. The summed E-state index contributed by atoms with van der Waals surface area (Å²) in [6, 6.07) is 4.90. The van der Waals surface area contributed by atoms with Gasteiger partial charge in [-0.05, 0) is 51.4 Å². The van der Waals surface area contributed by atoms with Crippen molar-refractivity contribution in [3.05, 3.63) is 46.8 Å². The smallest absolute Gasteiger partial charge is 0.120 e. The fourth-order valence-corrected chi connectivity index (χ4v) is 2.56. The molecular weight excluding hydrogens is 264 g/mol. The molecule has 2 aromatic rings. The molecule has 4 heteroatoms. The van der Waals surface area contributed by atoms with Crippen LogP contribution in [0.2, 0.25) is 0 Å². The first-order chi connectivity index (χ1) is 10.1. The molecule has 2 aromatic heterocycles. The molecule has 0 unspecified atom stereocenters. The Kier molecular flexibility index (Phi) is 4.17. The van der Waals surface area contributed by atoms with Crippen LogP contribution in [0, 0.1) is 13.8 Å². The summed E-state index contributed by atoms with van der Waals surface area (Å²) >= 11 is 0. The fraction of sp³-hybridized carbons (Fsp3) is 0.529. The number of aryl methyl sites for hydroxylation is 2. The number of nitrogens with zero attached hydrogens (tertiary/aromatic N) is 1. The van der Waals surface area contributed by atoms with E-state index in [2.05, 4.69) is 30.3 Å². The van der Waals surface area contributed by atoms with Gasteiger partial charge in [0, 0.05) is 18.2 Å². The third-order valence-electron chi connectivity index (χ3n) is 4.03. The van der Waals surface area contributed by atoms with Crippen LogP contribution in [-0.2, 0) is 19.6 Å². The topological polar surface area (TPSA) is 41.6 Å². The van der Waals surface area contributed by atoms with E-state index in [1.807, 2.05) is 13.0 Å². The van der Waals surface area contributed by atoms with Crippen LogP contribution >= 0.6 is 0 Å². The van der Waals surface area contributed by atoms with Crippen LogP contribution in [0.4, 0.5) is 0 Å². The molecule has 0 spiro atoms. The van der Waals surface area contributed by atoms with Crippen molar-refractivity contribution in [2.45, 2.75) is 52.4 Å². The van der Waals surface area contributed by atoms with Crippen LogP contribution < -0.4 is 5.32 Å². The molecule has 1 aliphatic carbocycles. The molecule has 1 N–H and O–H groups in total. The van der Waals surface area contributed by atoms with Crippen molar-refractivity contribution in [1.29, 1.82) is 0 Å². The standard InChI is InChI=1S/C17H24N2O2/c1-12-8-16(21-17(12)9-18-15-4-5-15)11-19(3)10-14-6-7-20-13(14)2/h6-8,15,18H,4-5,9-11H2,1-3H3. The number of hydrogen-bond acceptors (Lipinski definition) is 4. The molecule has 0 radical (unpaired) electrons. The van der Waals surface area contributed by atoms with Crippen LogP contribution in [-0.4, -0.2) is 18.0 Å². The Morgan fingerprint density at radius 3 is 2.76 bits per heavy atom. The van der Waals surface area contributed by atoms with Gasteiger partial charge >= 0.3 is 0 Å². The highest BCUT2D eigenvalue weighted by Gasteiger charge is 2.21. The van der Waals surface area contributed by atoms with E-state index in [9.17, 15) is 0 Å². The Balaban J connectivity index is 1.56. The minimum Gasteiger partial charge on any atom is -0.469 e. The summed E-state index contributed by atoms with van der Waals surface area (Å²) < 4.78 is 11.3. The average molecular weight is 288 g/mol. The molecule has 0 aromatic carbocycles. The van der Waals surface area contributed by atoms with E-state index in [1.165, 1.54) is 24.0 Å². The predicted molar refractivity (Wildman–Crippen MR) is 81.9 cm³/mol. The molecule has 0 atom stereocenters. The highest BCUT2D eigenvalue weighted by atomic mass is 16.3. The summed E-state index contributed by atoms with van der Waals surface area (Å²) in [5.41, 5.74) is 2.47. The lowest BCUT2D eigenvalue weighted by molar-refractivity contribution is 0.280. The largest absolute Gasteiger partial charge is 0.469 e. The summed E-state index contributed by atoms with van der Waals surface area (Å²) in [6.45, 7) is 6.66. The van der Waals surface area contributed by atoms with Crippen molar-refractivity contribution in [1.82, 2.24) is 10.2 Å². The van der Waals surface area contributed by atoms with Gasteiger partial charge in [0.15, 0.2) is 0 Å². The lowest BCUT2D eigenvalue weighted by Gasteiger charge is -2.14. The van der Waals surface area contributed by atoms with Gasteiger partial charge in [-0.3, -0.25) is 4.90 Å². The van der Waals surface area contributed by atoms with Crippen LogP contribution in [0.3, 0.4) is 0 Å². The van der Waals surface area contributed by atoms with Crippen molar-refractivity contribution in [2.24, 2.45) is 0 Å². The van der Waals surface area contributed by atoms with Gasteiger partial charge < -0.3 is 14.2 Å². The van der Waals surface area contributed by atoms with Crippen LogP contribution in [0.1, 0.15) is 41.2 Å². The van der Waals surface area contributed by atoms with Crippen molar-refractivity contribution in [3.8, 4) is 0 Å². The molecule has 114 valence electrons. The predicted octanol–water partition coefficient (Wildman–Crippen LogP) is 3.37. The lowest BCUT2D eigenvalue weighted by Crippen LogP contribution is -2.17. The quantitative estimate of drug-likeness (QED) is 0.848. The zero-order chi connectivity index (χ0) is 14.8. The maximum Gasteiger partial charge on any atom is 0.120 e. The second-order valence-electron chi connectivity index (χ2n) is 6.15. The van der Waals surface area contributed by atoms with Crippen LogP contribution in [0.25, 0.3) is 0 Å². The molecule has 1 saturated carbocycles. The Morgan fingerprint density at radius 2 is 2.10 bits per heavy atom. The molecule has 0 bridgehead atoms. The molecule has 0 aliphatic heterocycles. The molecule has 4 nitrogen and oxygen atoms in total. The minimum atomic E-state index is 0.713. The van der Waals surface area contributed by atoms with Crippen molar-refractivity contribution < 1.29 is 8.83 Å². The second kappa shape index (κ2) is 6.08. The van der Waals surface area contributed by atoms with Crippen molar-refractivity contribution >= 4 is 0 Å². The number of furan rings is 2. The Bertz CT molecular complexity index is 596. The maximum absolute atomic E-state index is 5.99. The summed E-state index contributed by atoms with van der Waals surface area (Å²) in [6.07, 6.45) is 4.36. The monoisotopic (exact) mass is 288 g/mol. The molecule has 2 heterocycles. The molecule has 1 fully saturated rings. The minimum absolute atomic E-state index is 0.713. The molecule has 3 rings (SSSR count). The van der Waals surface area contributed by atoms with Gasteiger partial charge in [-0.15, -0.1) is 0 Å². The molecule has 1 aliphatic rings. The molecular formula is C17H24N2O2. The zero-order valence-electron chi connectivity index (χ0n) is 13.1. The fourth-order valence-electron chi connectivity index (χ4n) is 2.56. The maximum atomic E-state index is 5.99. The van der Waals surface area contributed by atoms with E-state index >= 15 is 0 Å². The van der Waals surface area contributed by atoms with Gasteiger partial charge in [0.1, 0.15) is 17.3 Å². The third kappa shape index (κ3) is 3.77.